The van der Waals surface area contributed by atoms with Crippen LogP contribution in [0.3, 0.4) is 0 Å². The largest absolute Gasteiger partial charge is 0.321 e. The summed E-state index contributed by atoms with van der Waals surface area (Å²) < 4.78 is 0. The Bertz CT molecular complexity index is 995. The van der Waals surface area contributed by atoms with Crippen LogP contribution in [0, 0.1) is 0 Å². The third kappa shape index (κ3) is 3.02. The zero-order valence-corrected chi connectivity index (χ0v) is 14.7. The van der Waals surface area contributed by atoms with Crippen LogP contribution in [0.4, 0.5) is 5.69 Å². The molecule has 0 radical (unpaired) electrons. The molecule has 1 amide bonds. The van der Waals surface area contributed by atoms with E-state index in [4.69, 9.17) is 11.6 Å². The fourth-order valence-electron chi connectivity index (χ4n) is 3.38. The number of hydrogen-bond donors (Lipinski definition) is 1. The molecule has 0 unspecified atom stereocenters. The molecule has 4 heteroatoms. The molecule has 3 aromatic rings. The zero-order chi connectivity index (χ0) is 18.1. The maximum atomic E-state index is 12.5. The van der Waals surface area contributed by atoms with Crippen molar-refractivity contribution in [2.75, 3.05) is 5.32 Å². The lowest BCUT2D eigenvalue weighted by atomic mass is 9.95. The number of rotatable bonds is 3. The van der Waals surface area contributed by atoms with Crippen LogP contribution >= 0.6 is 11.6 Å². The molecule has 0 atom stereocenters. The van der Waals surface area contributed by atoms with Crippen molar-refractivity contribution in [2.24, 2.45) is 0 Å². The summed E-state index contributed by atoms with van der Waals surface area (Å²) in [6.07, 6.45) is 1.15. The standard InChI is InChI=1S/C22H16ClNO2/c23-16-8-6-14(7-9-16)17-10-12-19(21-18(17)11-13-20(21)25)24-22(26)15-4-2-1-3-5-15/h1-10,12H,11,13H2,(H,24,26). The van der Waals surface area contributed by atoms with Crippen molar-refractivity contribution < 1.29 is 9.59 Å². The van der Waals surface area contributed by atoms with E-state index in [-0.39, 0.29) is 11.7 Å². The Hall–Kier alpha value is -2.91. The minimum absolute atomic E-state index is 0.0687. The van der Waals surface area contributed by atoms with Crippen LogP contribution in [0.25, 0.3) is 11.1 Å². The van der Waals surface area contributed by atoms with Gasteiger partial charge >= 0.3 is 0 Å². The van der Waals surface area contributed by atoms with Crippen LogP contribution in [0.15, 0.2) is 66.7 Å². The predicted molar refractivity (Wildman–Crippen MR) is 104 cm³/mol. The van der Waals surface area contributed by atoms with Crippen LogP contribution in [0.5, 0.6) is 0 Å². The lowest BCUT2D eigenvalue weighted by Crippen LogP contribution is -2.14. The molecule has 0 bridgehead atoms. The molecule has 0 aliphatic heterocycles. The van der Waals surface area contributed by atoms with E-state index in [0.717, 1.165) is 16.7 Å². The smallest absolute Gasteiger partial charge is 0.255 e. The Kier molecular flexibility index (Phi) is 4.31. The van der Waals surface area contributed by atoms with Crippen molar-refractivity contribution in [3.63, 3.8) is 0 Å². The Morgan fingerprint density at radius 1 is 0.885 bits per heavy atom. The van der Waals surface area contributed by atoms with Gasteiger partial charge in [0.25, 0.3) is 5.91 Å². The Morgan fingerprint density at radius 2 is 1.62 bits per heavy atom. The minimum Gasteiger partial charge on any atom is -0.321 e. The van der Waals surface area contributed by atoms with E-state index >= 15 is 0 Å². The second-order valence-corrected chi connectivity index (χ2v) is 6.70. The van der Waals surface area contributed by atoms with Gasteiger partial charge in [0, 0.05) is 22.6 Å². The minimum atomic E-state index is -0.216. The van der Waals surface area contributed by atoms with Crippen molar-refractivity contribution in [1.82, 2.24) is 0 Å². The molecule has 0 saturated carbocycles. The van der Waals surface area contributed by atoms with Gasteiger partial charge in [-0.15, -0.1) is 0 Å². The second-order valence-electron chi connectivity index (χ2n) is 6.26. The zero-order valence-electron chi connectivity index (χ0n) is 14.0. The highest BCUT2D eigenvalue weighted by molar-refractivity contribution is 6.30. The van der Waals surface area contributed by atoms with Gasteiger partial charge in [0.2, 0.25) is 0 Å². The van der Waals surface area contributed by atoms with Crippen molar-refractivity contribution >= 4 is 29.0 Å². The number of carbonyl (C=O) groups is 2. The molecule has 128 valence electrons. The SMILES string of the molecule is O=C(Nc1ccc(-c2ccc(Cl)cc2)c2c1C(=O)CC2)c1ccccc1. The van der Waals surface area contributed by atoms with E-state index < -0.39 is 0 Å². The van der Waals surface area contributed by atoms with Gasteiger partial charge in [0.05, 0.1) is 5.69 Å². The van der Waals surface area contributed by atoms with Gasteiger partial charge in [0.1, 0.15) is 0 Å². The highest BCUT2D eigenvalue weighted by Crippen LogP contribution is 2.37. The van der Waals surface area contributed by atoms with Crippen LogP contribution in [-0.2, 0) is 6.42 Å². The number of carbonyl (C=O) groups excluding carboxylic acids is 2. The first-order valence-corrected chi connectivity index (χ1v) is 8.83. The fourth-order valence-corrected chi connectivity index (χ4v) is 3.50. The summed E-state index contributed by atoms with van der Waals surface area (Å²) in [5.41, 5.74) is 4.79. The first-order chi connectivity index (χ1) is 12.6. The van der Waals surface area contributed by atoms with E-state index in [0.29, 0.717) is 34.7 Å². The van der Waals surface area contributed by atoms with E-state index in [1.807, 2.05) is 54.6 Å². The molecule has 4 rings (SSSR count). The van der Waals surface area contributed by atoms with Gasteiger partial charge < -0.3 is 5.32 Å². The van der Waals surface area contributed by atoms with E-state index in [9.17, 15) is 9.59 Å². The Labute approximate surface area is 156 Å². The van der Waals surface area contributed by atoms with E-state index in [1.54, 1.807) is 12.1 Å². The van der Waals surface area contributed by atoms with Crippen LogP contribution in [0.1, 0.15) is 32.7 Å². The number of ketones is 1. The maximum absolute atomic E-state index is 12.5. The molecule has 0 spiro atoms. The van der Waals surface area contributed by atoms with Gasteiger partial charge in [-0.1, -0.05) is 48.0 Å². The molecular weight excluding hydrogens is 346 g/mol. The highest BCUT2D eigenvalue weighted by Gasteiger charge is 2.27. The summed E-state index contributed by atoms with van der Waals surface area (Å²) in [4.78, 5) is 24.9. The molecule has 0 saturated heterocycles. The van der Waals surface area contributed by atoms with Crippen molar-refractivity contribution in [3.8, 4) is 11.1 Å². The lowest BCUT2D eigenvalue weighted by Gasteiger charge is -2.14. The summed E-state index contributed by atoms with van der Waals surface area (Å²) in [7, 11) is 0. The predicted octanol–water partition coefficient (Wildman–Crippen LogP) is 5.39. The average molecular weight is 362 g/mol. The second kappa shape index (κ2) is 6.77. The maximum Gasteiger partial charge on any atom is 0.255 e. The first kappa shape index (κ1) is 16.6. The number of nitrogens with one attached hydrogen (secondary N) is 1. The first-order valence-electron chi connectivity index (χ1n) is 8.45. The third-order valence-electron chi connectivity index (χ3n) is 4.63. The summed E-state index contributed by atoms with van der Waals surface area (Å²) in [5.74, 6) is -0.147. The summed E-state index contributed by atoms with van der Waals surface area (Å²) >= 11 is 5.98. The molecule has 1 N–H and O–H groups in total. The topological polar surface area (TPSA) is 46.2 Å². The van der Waals surface area contributed by atoms with Crippen molar-refractivity contribution in [2.45, 2.75) is 12.8 Å². The van der Waals surface area contributed by atoms with Crippen molar-refractivity contribution in [3.05, 3.63) is 88.4 Å². The number of fused-ring (bicyclic) bond motifs is 1. The van der Waals surface area contributed by atoms with Crippen LogP contribution in [0.2, 0.25) is 5.02 Å². The Balaban J connectivity index is 1.74. The normalized spacial score (nSPS) is 12.7. The molecule has 0 aromatic heterocycles. The molecule has 26 heavy (non-hydrogen) atoms. The molecule has 0 heterocycles. The number of Topliss-reactive ketones (excluding diaryl/α,β-unsaturated/α-hetero) is 1. The van der Waals surface area contributed by atoms with Gasteiger partial charge in [-0.2, -0.15) is 0 Å². The summed E-state index contributed by atoms with van der Waals surface area (Å²) in [5, 5.41) is 3.57. The number of halogens is 1. The van der Waals surface area contributed by atoms with Crippen LogP contribution in [-0.4, -0.2) is 11.7 Å². The van der Waals surface area contributed by atoms with E-state index in [2.05, 4.69) is 5.32 Å². The molecule has 3 nitrogen and oxygen atoms in total. The van der Waals surface area contributed by atoms with Crippen LogP contribution < -0.4 is 5.32 Å². The molecule has 1 aliphatic rings. The fraction of sp³-hybridized carbons (Fsp3) is 0.0909. The number of benzene rings is 3. The Morgan fingerprint density at radius 3 is 2.35 bits per heavy atom. The van der Waals surface area contributed by atoms with Crippen molar-refractivity contribution in [1.29, 1.82) is 0 Å². The molecule has 1 aliphatic carbocycles. The van der Waals surface area contributed by atoms with Gasteiger partial charge in [-0.05, 0) is 53.4 Å². The molecule has 0 fully saturated rings. The average Bonchev–Trinajstić information content (AvgIpc) is 3.06. The molecular formula is C22H16ClNO2. The van der Waals surface area contributed by atoms with Gasteiger partial charge in [0.15, 0.2) is 5.78 Å². The molecule has 3 aromatic carbocycles. The van der Waals surface area contributed by atoms with E-state index in [1.165, 1.54) is 0 Å². The monoisotopic (exact) mass is 361 g/mol. The highest BCUT2D eigenvalue weighted by atomic mass is 35.5. The summed E-state index contributed by atoms with van der Waals surface area (Å²) in [6.45, 7) is 0. The number of anilines is 1. The van der Waals surface area contributed by atoms with Gasteiger partial charge in [-0.3, -0.25) is 9.59 Å². The number of hydrogen-bond acceptors (Lipinski definition) is 2. The quantitative estimate of drug-likeness (QED) is 0.680. The number of amides is 1. The lowest BCUT2D eigenvalue weighted by molar-refractivity contribution is 0.0995. The summed E-state index contributed by atoms with van der Waals surface area (Å²) in [6, 6.07) is 20.3. The van der Waals surface area contributed by atoms with Gasteiger partial charge in [-0.25, -0.2) is 0 Å². The third-order valence-corrected chi connectivity index (χ3v) is 4.89.